The van der Waals surface area contributed by atoms with E-state index in [0.717, 1.165) is 0 Å². The van der Waals surface area contributed by atoms with Crippen molar-refractivity contribution >= 4 is 27.7 Å². The van der Waals surface area contributed by atoms with Gasteiger partial charge in [0.1, 0.15) is 11.6 Å². The van der Waals surface area contributed by atoms with Crippen molar-refractivity contribution in [3.8, 4) is 5.75 Å². The highest BCUT2D eigenvalue weighted by Crippen LogP contribution is 2.21. The smallest absolute Gasteiger partial charge is 0.260 e. The largest absolute Gasteiger partial charge is 0.494 e. The van der Waals surface area contributed by atoms with E-state index in [9.17, 15) is 4.79 Å². The number of aromatic nitrogens is 2. The lowest BCUT2D eigenvalue weighted by molar-refractivity contribution is 0.102. The van der Waals surface area contributed by atoms with E-state index < -0.39 is 0 Å². The van der Waals surface area contributed by atoms with Crippen molar-refractivity contribution in [2.75, 3.05) is 12.4 Å². The van der Waals surface area contributed by atoms with Crippen molar-refractivity contribution in [3.63, 3.8) is 0 Å². The Balaban J connectivity index is 2.25. The highest BCUT2D eigenvalue weighted by molar-refractivity contribution is 9.10. The summed E-state index contributed by atoms with van der Waals surface area (Å²) in [7, 11) is 1.49. The average molecular weight is 308 g/mol. The van der Waals surface area contributed by atoms with Gasteiger partial charge < -0.3 is 10.1 Å². The third kappa shape index (κ3) is 2.65. The molecule has 0 saturated heterocycles. The number of rotatable bonds is 3. The van der Waals surface area contributed by atoms with Crippen LogP contribution in [0.15, 0.2) is 41.3 Å². The Labute approximate surface area is 112 Å². The summed E-state index contributed by atoms with van der Waals surface area (Å²) in [6.07, 6.45) is 4.62. The number of nitrogens with one attached hydrogen (secondary N) is 1. The van der Waals surface area contributed by atoms with Crippen molar-refractivity contribution in [2.24, 2.45) is 0 Å². The molecule has 0 aromatic carbocycles. The number of halogens is 1. The molecular formula is C12H10BrN3O2. The molecule has 2 heterocycles. The topological polar surface area (TPSA) is 64.1 Å². The molecule has 0 aliphatic carbocycles. The second kappa shape index (κ2) is 5.59. The van der Waals surface area contributed by atoms with Gasteiger partial charge in [0.05, 0.1) is 23.3 Å². The Kier molecular flexibility index (Phi) is 3.88. The van der Waals surface area contributed by atoms with Gasteiger partial charge >= 0.3 is 0 Å². The number of carbonyl (C=O) groups excluding carboxylic acids is 1. The standard InChI is InChI=1S/C12H10BrN3O2/c1-18-10-7-14-6-4-8(10)12(17)16-11-9(13)3-2-5-15-11/h2-7H,1H3,(H,15,16,17). The Morgan fingerprint density at radius 2 is 2.22 bits per heavy atom. The van der Waals surface area contributed by atoms with Crippen LogP contribution in [0.3, 0.4) is 0 Å². The van der Waals surface area contributed by atoms with Crippen molar-refractivity contribution in [1.29, 1.82) is 0 Å². The highest BCUT2D eigenvalue weighted by atomic mass is 79.9. The first-order valence-electron chi connectivity index (χ1n) is 5.12. The fraction of sp³-hybridized carbons (Fsp3) is 0.0833. The predicted octanol–water partition coefficient (Wildman–Crippen LogP) is 2.50. The monoisotopic (exact) mass is 307 g/mol. The van der Waals surface area contributed by atoms with Gasteiger partial charge in [-0.2, -0.15) is 0 Å². The Bertz CT molecular complexity index is 575. The molecule has 2 aromatic rings. The number of methoxy groups -OCH3 is 1. The first-order valence-corrected chi connectivity index (χ1v) is 5.91. The second-order valence-corrected chi connectivity index (χ2v) is 4.22. The van der Waals surface area contributed by atoms with Crippen molar-refractivity contribution in [1.82, 2.24) is 9.97 Å². The summed E-state index contributed by atoms with van der Waals surface area (Å²) >= 11 is 3.31. The number of hydrogen-bond acceptors (Lipinski definition) is 4. The number of carbonyl (C=O) groups is 1. The summed E-state index contributed by atoms with van der Waals surface area (Å²) in [5.41, 5.74) is 0.407. The maximum atomic E-state index is 12.1. The fourth-order valence-electron chi connectivity index (χ4n) is 1.38. The van der Waals surface area contributed by atoms with Gasteiger partial charge in [-0.15, -0.1) is 0 Å². The second-order valence-electron chi connectivity index (χ2n) is 3.36. The maximum absolute atomic E-state index is 12.1. The van der Waals surface area contributed by atoms with Crippen molar-refractivity contribution in [3.05, 3.63) is 46.8 Å². The van der Waals surface area contributed by atoms with Gasteiger partial charge in [0.2, 0.25) is 0 Å². The Morgan fingerprint density at radius 1 is 1.39 bits per heavy atom. The quantitative estimate of drug-likeness (QED) is 0.946. The molecule has 0 fully saturated rings. The van der Waals surface area contributed by atoms with Crippen LogP contribution in [0, 0.1) is 0 Å². The molecular weight excluding hydrogens is 298 g/mol. The Hall–Kier alpha value is -1.95. The number of amides is 1. The minimum Gasteiger partial charge on any atom is -0.494 e. The molecule has 0 saturated carbocycles. The van der Waals surface area contributed by atoms with Crippen LogP contribution in [0.4, 0.5) is 5.82 Å². The van der Waals surface area contributed by atoms with Gasteiger partial charge in [-0.3, -0.25) is 9.78 Å². The maximum Gasteiger partial charge on any atom is 0.260 e. The molecule has 0 radical (unpaired) electrons. The van der Waals surface area contributed by atoms with Gasteiger partial charge in [0, 0.05) is 12.4 Å². The van der Waals surface area contributed by atoms with Crippen LogP contribution in [0.5, 0.6) is 5.75 Å². The van der Waals surface area contributed by atoms with E-state index in [1.807, 2.05) is 0 Å². The molecule has 6 heteroatoms. The van der Waals surface area contributed by atoms with Gasteiger partial charge in [-0.05, 0) is 34.1 Å². The molecule has 0 aliphatic rings. The van der Waals surface area contributed by atoms with E-state index in [0.29, 0.717) is 21.6 Å². The minimum absolute atomic E-state index is 0.298. The zero-order valence-electron chi connectivity index (χ0n) is 9.55. The summed E-state index contributed by atoms with van der Waals surface area (Å²) in [5.74, 6) is 0.581. The first kappa shape index (κ1) is 12.5. The van der Waals surface area contributed by atoms with E-state index in [2.05, 4.69) is 31.2 Å². The number of hydrogen-bond donors (Lipinski definition) is 1. The summed E-state index contributed by atoms with van der Waals surface area (Å²) in [5, 5.41) is 2.70. The summed E-state index contributed by atoms with van der Waals surface area (Å²) in [4.78, 5) is 20.0. The molecule has 92 valence electrons. The number of pyridine rings is 2. The van der Waals surface area contributed by atoms with Gasteiger partial charge in [0.25, 0.3) is 5.91 Å². The molecule has 2 rings (SSSR count). The Morgan fingerprint density at radius 3 is 2.94 bits per heavy atom. The van der Waals surface area contributed by atoms with Crippen LogP contribution >= 0.6 is 15.9 Å². The third-order valence-electron chi connectivity index (χ3n) is 2.24. The van der Waals surface area contributed by atoms with Gasteiger partial charge in [-0.25, -0.2) is 4.98 Å². The van der Waals surface area contributed by atoms with E-state index >= 15 is 0 Å². The average Bonchev–Trinajstić information content (AvgIpc) is 2.41. The SMILES string of the molecule is COc1cnccc1C(=O)Nc1ncccc1Br. The summed E-state index contributed by atoms with van der Waals surface area (Å²) in [6, 6.07) is 5.16. The summed E-state index contributed by atoms with van der Waals surface area (Å²) < 4.78 is 5.79. The van der Waals surface area contributed by atoms with E-state index in [-0.39, 0.29) is 5.91 Å². The molecule has 0 aliphatic heterocycles. The molecule has 0 spiro atoms. The fourth-order valence-corrected chi connectivity index (χ4v) is 1.74. The molecule has 0 bridgehead atoms. The van der Waals surface area contributed by atoms with Crippen molar-refractivity contribution in [2.45, 2.75) is 0 Å². The zero-order valence-corrected chi connectivity index (χ0v) is 11.1. The first-order chi connectivity index (χ1) is 8.72. The van der Waals surface area contributed by atoms with Crippen LogP contribution in [0.25, 0.3) is 0 Å². The van der Waals surface area contributed by atoms with Crippen LogP contribution in [-0.2, 0) is 0 Å². The predicted molar refractivity (Wildman–Crippen MR) is 70.7 cm³/mol. The highest BCUT2D eigenvalue weighted by Gasteiger charge is 2.13. The molecule has 5 nitrogen and oxygen atoms in total. The normalized spacial score (nSPS) is 9.89. The van der Waals surface area contributed by atoms with Crippen LogP contribution in [0.1, 0.15) is 10.4 Å². The van der Waals surface area contributed by atoms with E-state index in [4.69, 9.17) is 4.74 Å². The van der Waals surface area contributed by atoms with E-state index in [1.54, 1.807) is 24.4 Å². The summed E-state index contributed by atoms with van der Waals surface area (Å²) in [6.45, 7) is 0. The molecule has 1 N–H and O–H groups in total. The lowest BCUT2D eigenvalue weighted by Crippen LogP contribution is -2.14. The molecule has 0 unspecified atom stereocenters. The lowest BCUT2D eigenvalue weighted by atomic mass is 10.2. The van der Waals surface area contributed by atoms with E-state index in [1.165, 1.54) is 19.5 Å². The number of ether oxygens (including phenoxy) is 1. The zero-order chi connectivity index (χ0) is 13.0. The third-order valence-corrected chi connectivity index (χ3v) is 2.88. The van der Waals surface area contributed by atoms with Crippen LogP contribution in [-0.4, -0.2) is 23.0 Å². The van der Waals surface area contributed by atoms with Crippen LogP contribution in [0.2, 0.25) is 0 Å². The molecule has 2 aromatic heterocycles. The molecule has 0 atom stereocenters. The van der Waals surface area contributed by atoms with Gasteiger partial charge in [-0.1, -0.05) is 0 Å². The lowest BCUT2D eigenvalue weighted by Gasteiger charge is -2.08. The molecule has 18 heavy (non-hydrogen) atoms. The van der Waals surface area contributed by atoms with Gasteiger partial charge in [0.15, 0.2) is 0 Å². The number of anilines is 1. The minimum atomic E-state index is -0.298. The number of nitrogens with zero attached hydrogens (tertiary/aromatic N) is 2. The van der Waals surface area contributed by atoms with Crippen molar-refractivity contribution < 1.29 is 9.53 Å². The van der Waals surface area contributed by atoms with Crippen LogP contribution < -0.4 is 10.1 Å². The molecule has 1 amide bonds.